The molecule has 0 saturated carbocycles. The summed E-state index contributed by atoms with van der Waals surface area (Å²) in [7, 11) is 1.74. The van der Waals surface area contributed by atoms with E-state index in [0.717, 1.165) is 18.6 Å². The highest BCUT2D eigenvalue weighted by Crippen LogP contribution is 2.39. The molecule has 1 nitrogen and oxygen atoms in total. The van der Waals surface area contributed by atoms with Crippen LogP contribution >= 0.6 is 0 Å². The van der Waals surface area contributed by atoms with Crippen molar-refractivity contribution in [3.8, 4) is 5.75 Å². The second-order valence-corrected chi connectivity index (χ2v) is 6.06. The second kappa shape index (κ2) is 6.37. The van der Waals surface area contributed by atoms with Crippen LogP contribution in [0.1, 0.15) is 24.0 Å². The van der Waals surface area contributed by atoms with Crippen LogP contribution in [0.5, 0.6) is 5.75 Å². The van der Waals surface area contributed by atoms with Gasteiger partial charge in [-0.3, -0.25) is 0 Å². The lowest BCUT2D eigenvalue weighted by atomic mass is 9.86. The zero-order chi connectivity index (χ0) is 16.4. The molecule has 3 aromatic carbocycles. The molecule has 0 aromatic heterocycles. The normalized spacial score (nSPS) is 14.2. The molecular weight excluding hydrogens is 292 g/mol. The largest absolute Gasteiger partial charge is 0.496 e. The molecule has 24 heavy (non-hydrogen) atoms. The highest BCUT2D eigenvalue weighted by Gasteiger charge is 2.15. The molecule has 0 amide bonds. The first-order valence-corrected chi connectivity index (χ1v) is 8.39. The molecule has 1 aliphatic carbocycles. The molecule has 0 fully saturated rings. The molecule has 0 bridgehead atoms. The van der Waals surface area contributed by atoms with E-state index in [1.165, 1.54) is 33.0 Å². The maximum absolute atomic E-state index is 5.55. The molecule has 3 aromatic rings. The smallest absolute Gasteiger partial charge is 0.126 e. The third-order valence-electron chi connectivity index (χ3n) is 4.68. The summed E-state index contributed by atoms with van der Waals surface area (Å²) in [5.74, 6) is 0.933. The highest BCUT2D eigenvalue weighted by molar-refractivity contribution is 6.05. The van der Waals surface area contributed by atoms with Crippen molar-refractivity contribution in [2.75, 3.05) is 7.11 Å². The standard InChI is InChI=1S/C23H20O/c1-24-23-16-15-21(20-13-7-8-14-22(20)23)19-12-6-5-11-18(19)17-9-3-2-4-10-17/h2-5,7-11,13-16H,6,12H2,1H3. The number of methoxy groups -OCH3 is 1. The topological polar surface area (TPSA) is 9.23 Å². The molecule has 0 radical (unpaired) electrons. The van der Waals surface area contributed by atoms with E-state index in [2.05, 4.69) is 78.9 Å². The van der Waals surface area contributed by atoms with Crippen LogP contribution in [0.3, 0.4) is 0 Å². The van der Waals surface area contributed by atoms with Gasteiger partial charge in [0.1, 0.15) is 5.75 Å². The molecule has 1 aliphatic rings. The predicted octanol–water partition coefficient (Wildman–Crippen LogP) is 6.11. The fourth-order valence-electron chi connectivity index (χ4n) is 3.54. The molecule has 0 spiro atoms. The maximum Gasteiger partial charge on any atom is 0.126 e. The quantitative estimate of drug-likeness (QED) is 0.567. The first-order chi connectivity index (χ1) is 11.9. The Bertz CT molecular complexity index is 933. The van der Waals surface area contributed by atoms with Gasteiger partial charge in [0.2, 0.25) is 0 Å². The Labute approximate surface area is 142 Å². The molecule has 0 aliphatic heterocycles. The van der Waals surface area contributed by atoms with E-state index in [1.807, 2.05) is 0 Å². The van der Waals surface area contributed by atoms with Crippen LogP contribution in [0.4, 0.5) is 0 Å². The van der Waals surface area contributed by atoms with Crippen LogP contribution in [0.15, 0.2) is 78.9 Å². The lowest BCUT2D eigenvalue weighted by Gasteiger charge is -2.19. The zero-order valence-electron chi connectivity index (χ0n) is 13.8. The van der Waals surface area contributed by atoms with Gasteiger partial charge in [0, 0.05) is 5.39 Å². The van der Waals surface area contributed by atoms with Crippen LogP contribution in [-0.2, 0) is 0 Å². The van der Waals surface area contributed by atoms with Gasteiger partial charge < -0.3 is 4.74 Å². The SMILES string of the molecule is COc1ccc(C2=C(c3ccccc3)C=CCC2)c2ccccc12. The fourth-order valence-corrected chi connectivity index (χ4v) is 3.54. The molecule has 4 rings (SSSR count). The Hall–Kier alpha value is -2.80. The highest BCUT2D eigenvalue weighted by atomic mass is 16.5. The van der Waals surface area contributed by atoms with Crippen molar-refractivity contribution in [3.63, 3.8) is 0 Å². The second-order valence-electron chi connectivity index (χ2n) is 6.06. The van der Waals surface area contributed by atoms with E-state index in [9.17, 15) is 0 Å². The summed E-state index contributed by atoms with van der Waals surface area (Å²) in [6.45, 7) is 0. The summed E-state index contributed by atoms with van der Waals surface area (Å²) in [5.41, 5.74) is 5.35. The summed E-state index contributed by atoms with van der Waals surface area (Å²) in [5, 5.41) is 2.43. The average Bonchev–Trinajstić information content (AvgIpc) is 2.68. The molecular formula is C23H20O. The third-order valence-corrected chi connectivity index (χ3v) is 4.68. The fraction of sp³-hybridized carbons (Fsp3) is 0.130. The van der Waals surface area contributed by atoms with Crippen LogP contribution < -0.4 is 4.74 Å². The molecule has 0 saturated heterocycles. The van der Waals surface area contributed by atoms with Gasteiger partial charge in [-0.15, -0.1) is 0 Å². The first kappa shape index (κ1) is 14.8. The van der Waals surface area contributed by atoms with Crippen molar-refractivity contribution in [2.24, 2.45) is 0 Å². The van der Waals surface area contributed by atoms with Crippen LogP contribution in [0.25, 0.3) is 21.9 Å². The van der Waals surface area contributed by atoms with E-state index < -0.39 is 0 Å². The molecule has 1 heteroatoms. The third kappa shape index (κ3) is 2.52. The Morgan fingerprint density at radius 1 is 0.792 bits per heavy atom. The Balaban J connectivity index is 1.99. The van der Waals surface area contributed by atoms with Gasteiger partial charge in [-0.05, 0) is 46.6 Å². The summed E-state index contributed by atoms with van der Waals surface area (Å²) < 4.78 is 5.55. The Morgan fingerprint density at radius 3 is 2.33 bits per heavy atom. The number of allylic oxidation sites excluding steroid dienone is 4. The number of hydrogen-bond donors (Lipinski definition) is 0. The van der Waals surface area contributed by atoms with E-state index in [0.29, 0.717) is 0 Å². The van der Waals surface area contributed by atoms with E-state index >= 15 is 0 Å². The summed E-state index contributed by atoms with van der Waals surface area (Å²) in [6.07, 6.45) is 6.70. The van der Waals surface area contributed by atoms with Gasteiger partial charge in [0.15, 0.2) is 0 Å². The van der Waals surface area contributed by atoms with Gasteiger partial charge in [0.25, 0.3) is 0 Å². The van der Waals surface area contributed by atoms with Crippen LogP contribution in [0.2, 0.25) is 0 Å². The van der Waals surface area contributed by atoms with Crippen molar-refractivity contribution in [2.45, 2.75) is 12.8 Å². The van der Waals surface area contributed by atoms with Gasteiger partial charge in [-0.25, -0.2) is 0 Å². The first-order valence-electron chi connectivity index (χ1n) is 8.39. The van der Waals surface area contributed by atoms with Crippen molar-refractivity contribution < 1.29 is 4.74 Å². The Kier molecular flexibility index (Phi) is 3.92. The van der Waals surface area contributed by atoms with Gasteiger partial charge in [-0.2, -0.15) is 0 Å². The van der Waals surface area contributed by atoms with Crippen LogP contribution in [0, 0.1) is 0 Å². The number of ether oxygens (including phenoxy) is 1. The molecule has 0 atom stereocenters. The van der Waals surface area contributed by atoms with Crippen molar-refractivity contribution in [3.05, 3.63) is 90.0 Å². The number of hydrogen-bond acceptors (Lipinski definition) is 1. The van der Waals surface area contributed by atoms with Crippen molar-refractivity contribution in [1.29, 1.82) is 0 Å². The summed E-state index contributed by atoms with van der Waals surface area (Å²) in [6, 6.07) is 23.5. The minimum Gasteiger partial charge on any atom is -0.496 e. The number of fused-ring (bicyclic) bond motifs is 1. The molecule has 0 heterocycles. The van der Waals surface area contributed by atoms with Gasteiger partial charge >= 0.3 is 0 Å². The predicted molar refractivity (Wildman–Crippen MR) is 102 cm³/mol. The lowest BCUT2D eigenvalue weighted by molar-refractivity contribution is 0.420. The van der Waals surface area contributed by atoms with E-state index in [1.54, 1.807) is 7.11 Å². The van der Waals surface area contributed by atoms with Gasteiger partial charge in [0.05, 0.1) is 7.11 Å². The summed E-state index contributed by atoms with van der Waals surface area (Å²) in [4.78, 5) is 0. The Morgan fingerprint density at radius 2 is 1.54 bits per heavy atom. The van der Waals surface area contributed by atoms with Gasteiger partial charge in [-0.1, -0.05) is 72.8 Å². The minimum absolute atomic E-state index is 0.933. The number of benzene rings is 3. The summed E-state index contributed by atoms with van der Waals surface area (Å²) >= 11 is 0. The van der Waals surface area contributed by atoms with E-state index in [-0.39, 0.29) is 0 Å². The molecule has 118 valence electrons. The minimum atomic E-state index is 0.933. The van der Waals surface area contributed by atoms with Crippen molar-refractivity contribution >= 4 is 21.9 Å². The average molecular weight is 312 g/mol. The zero-order valence-corrected chi connectivity index (χ0v) is 13.8. The molecule has 0 unspecified atom stereocenters. The molecule has 0 N–H and O–H groups in total. The maximum atomic E-state index is 5.55. The van der Waals surface area contributed by atoms with E-state index in [4.69, 9.17) is 4.74 Å². The van der Waals surface area contributed by atoms with Crippen molar-refractivity contribution in [1.82, 2.24) is 0 Å². The van der Waals surface area contributed by atoms with Crippen LogP contribution in [-0.4, -0.2) is 7.11 Å². The lowest BCUT2D eigenvalue weighted by Crippen LogP contribution is -1.97. The number of rotatable bonds is 3. The monoisotopic (exact) mass is 312 g/mol.